The fourth-order valence-electron chi connectivity index (χ4n) is 1.51. The van der Waals surface area contributed by atoms with E-state index in [9.17, 15) is 15.3 Å². The zero-order valence-corrected chi connectivity index (χ0v) is 7.16. The zero-order valence-electron chi connectivity index (χ0n) is 7.16. The van der Waals surface area contributed by atoms with Crippen LogP contribution >= 0.6 is 0 Å². The Hall–Kier alpha value is -1.42. The summed E-state index contributed by atoms with van der Waals surface area (Å²) in [5.41, 5.74) is 1.36. The van der Waals surface area contributed by atoms with Crippen molar-refractivity contribution in [2.45, 2.75) is 20.1 Å². The first-order valence-corrected chi connectivity index (χ1v) is 3.96. The van der Waals surface area contributed by atoms with Gasteiger partial charge in [-0.25, -0.2) is 0 Å². The summed E-state index contributed by atoms with van der Waals surface area (Å²) in [7, 11) is 0. The molecule has 0 fully saturated rings. The Bertz CT molecular complexity index is 336. The normalized spacial score (nSPS) is 14.5. The maximum Gasteiger partial charge on any atom is 0.164 e. The minimum absolute atomic E-state index is 0.0165. The molecule has 0 aliphatic carbocycles. The lowest BCUT2D eigenvalue weighted by molar-refractivity contribution is 0.132. The highest BCUT2D eigenvalue weighted by Gasteiger charge is 2.24. The van der Waals surface area contributed by atoms with Gasteiger partial charge in [-0.05, 0) is 6.92 Å². The summed E-state index contributed by atoms with van der Waals surface area (Å²) < 4.78 is 5.06. The van der Waals surface area contributed by atoms with Crippen LogP contribution in [0.25, 0.3) is 0 Å². The van der Waals surface area contributed by atoms with Crippen LogP contribution in [0.15, 0.2) is 0 Å². The molecule has 1 aromatic rings. The molecule has 0 unspecified atom stereocenters. The first-order valence-electron chi connectivity index (χ1n) is 3.96. The lowest BCUT2D eigenvalue weighted by atomic mass is 10.0. The van der Waals surface area contributed by atoms with Crippen molar-refractivity contribution in [1.29, 1.82) is 0 Å². The van der Waals surface area contributed by atoms with Gasteiger partial charge in [-0.1, -0.05) is 0 Å². The Labute approximate surface area is 75.0 Å². The summed E-state index contributed by atoms with van der Waals surface area (Å²) in [6, 6.07) is 0. The van der Waals surface area contributed by atoms with Gasteiger partial charge in [0.1, 0.15) is 5.75 Å². The van der Waals surface area contributed by atoms with Gasteiger partial charge in [-0.2, -0.15) is 0 Å². The second kappa shape index (κ2) is 2.53. The first kappa shape index (κ1) is 8.19. The van der Waals surface area contributed by atoms with Crippen molar-refractivity contribution in [2.24, 2.45) is 0 Å². The number of phenolic OH excluding ortho intramolecular Hbond substituents is 3. The molecule has 0 aromatic heterocycles. The summed E-state index contributed by atoms with van der Waals surface area (Å²) in [5, 5.41) is 28.4. The summed E-state index contributed by atoms with van der Waals surface area (Å²) in [6.45, 7) is 2.07. The van der Waals surface area contributed by atoms with Crippen LogP contribution in [0, 0.1) is 6.92 Å². The molecule has 1 heterocycles. The molecule has 0 saturated carbocycles. The SMILES string of the molecule is Cc1c(O)c(O)c2c(c1O)COC2. The Morgan fingerprint density at radius 2 is 1.46 bits per heavy atom. The monoisotopic (exact) mass is 182 g/mol. The molecule has 2 rings (SSSR count). The molecule has 4 nitrogen and oxygen atoms in total. The van der Waals surface area contributed by atoms with Crippen LogP contribution < -0.4 is 0 Å². The smallest absolute Gasteiger partial charge is 0.164 e. The number of fused-ring (bicyclic) bond motifs is 1. The average Bonchev–Trinajstić information content (AvgIpc) is 2.59. The highest BCUT2D eigenvalue weighted by Crippen LogP contribution is 2.44. The van der Waals surface area contributed by atoms with Gasteiger partial charge < -0.3 is 20.1 Å². The minimum Gasteiger partial charge on any atom is -0.507 e. The number of rotatable bonds is 0. The maximum absolute atomic E-state index is 9.57. The molecule has 0 bridgehead atoms. The van der Waals surface area contributed by atoms with Crippen molar-refractivity contribution in [3.63, 3.8) is 0 Å². The lowest BCUT2D eigenvalue weighted by Crippen LogP contribution is -1.89. The van der Waals surface area contributed by atoms with Crippen LogP contribution in [0.2, 0.25) is 0 Å². The van der Waals surface area contributed by atoms with Gasteiger partial charge >= 0.3 is 0 Å². The number of aromatic hydroxyl groups is 3. The molecule has 0 spiro atoms. The standard InChI is InChI=1S/C9H10O4/c1-4-7(10)5-2-13-3-6(5)9(12)8(4)11/h10-12H,2-3H2,1H3. The highest BCUT2D eigenvalue weighted by molar-refractivity contribution is 5.61. The summed E-state index contributed by atoms with van der Waals surface area (Å²) >= 11 is 0. The first-order chi connectivity index (χ1) is 6.13. The molecule has 0 saturated heterocycles. The third kappa shape index (κ3) is 0.954. The van der Waals surface area contributed by atoms with Crippen molar-refractivity contribution in [1.82, 2.24) is 0 Å². The molecule has 1 aliphatic heterocycles. The molecule has 1 aliphatic rings. The van der Waals surface area contributed by atoms with E-state index in [1.165, 1.54) is 0 Å². The minimum atomic E-state index is -0.262. The third-order valence-corrected chi connectivity index (χ3v) is 2.36. The fourth-order valence-corrected chi connectivity index (χ4v) is 1.51. The van der Waals surface area contributed by atoms with Crippen LogP contribution in [0.3, 0.4) is 0 Å². The number of benzene rings is 1. The molecule has 3 N–H and O–H groups in total. The topological polar surface area (TPSA) is 69.9 Å². The summed E-state index contributed by atoms with van der Waals surface area (Å²) in [4.78, 5) is 0. The molecule has 0 amide bonds. The molecule has 4 heteroatoms. The highest BCUT2D eigenvalue weighted by atomic mass is 16.5. The van der Waals surface area contributed by atoms with E-state index in [4.69, 9.17) is 4.74 Å². The van der Waals surface area contributed by atoms with E-state index in [-0.39, 0.29) is 30.5 Å². The molecule has 13 heavy (non-hydrogen) atoms. The van der Waals surface area contributed by atoms with Crippen molar-refractivity contribution in [3.8, 4) is 17.2 Å². The molecule has 0 radical (unpaired) electrons. The maximum atomic E-state index is 9.57. The van der Waals surface area contributed by atoms with E-state index >= 15 is 0 Å². The van der Waals surface area contributed by atoms with Gasteiger partial charge in [-0.15, -0.1) is 0 Å². The van der Waals surface area contributed by atoms with E-state index in [1.54, 1.807) is 6.92 Å². The molecule has 1 aromatic carbocycles. The number of hydrogen-bond donors (Lipinski definition) is 3. The van der Waals surface area contributed by atoms with Crippen LogP contribution in [0.4, 0.5) is 0 Å². The quantitative estimate of drug-likeness (QED) is 0.415. The Morgan fingerprint density at radius 1 is 0.923 bits per heavy atom. The van der Waals surface area contributed by atoms with Gasteiger partial charge in [0, 0.05) is 16.7 Å². The number of hydrogen-bond acceptors (Lipinski definition) is 4. The second-order valence-corrected chi connectivity index (χ2v) is 3.12. The van der Waals surface area contributed by atoms with Crippen molar-refractivity contribution >= 4 is 0 Å². The van der Waals surface area contributed by atoms with E-state index in [0.29, 0.717) is 16.7 Å². The van der Waals surface area contributed by atoms with E-state index in [2.05, 4.69) is 0 Å². The largest absolute Gasteiger partial charge is 0.507 e. The molecule has 70 valence electrons. The Morgan fingerprint density at radius 3 is 2.08 bits per heavy atom. The van der Waals surface area contributed by atoms with Gasteiger partial charge in [-0.3, -0.25) is 0 Å². The Kier molecular flexibility index (Phi) is 1.60. The van der Waals surface area contributed by atoms with Crippen LogP contribution in [0.1, 0.15) is 16.7 Å². The average molecular weight is 182 g/mol. The lowest BCUT2D eigenvalue weighted by Gasteiger charge is -2.09. The van der Waals surface area contributed by atoms with Crippen LogP contribution in [-0.4, -0.2) is 15.3 Å². The summed E-state index contributed by atoms with van der Waals surface area (Å²) in [6.07, 6.45) is 0. The molecular weight excluding hydrogens is 172 g/mol. The van der Waals surface area contributed by atoms with Gasteiger partial charge in [0.15, 0.2) is 11.5 Å². The van der Waals surface area contributed by atoms with Crippen molar-refractivity contribution < 1.29 is 20.1 Å². The third-order valence-electron chi connectivity index (χ3n) is 2.36. The van der Waals surface area contributed by atoms with Gasteiger partial charge in [0.2, 0.25) is 0 Å². The van der Waals surface area contributed by atoms with Crippen LogP contribution in [-0.2, 0) is 18.0 Å². The van der Waals surface area contributed by atoms with Gasteiger partial charge in [0.25, 0.3) is 0 Å². The Balaban J connectivity index is 2.77. The van der Waals surface area contributed by atoms with E-state index < -0.39 is 0 Å². The molecule has 0 atom stereocenters. The second-order valence-electron chi connectivity index (χ2n) is 3.12. The van der Waals surface area contributed by atoms with Gasteiger partial charge in [0.05, 0.1) is 13.2 Å². The predicted octanol–water partition coefficient (Wildman–Crippen LogP) is 1.14. The van der Waals surface area contributed by atoms with E-state index in [0.717, 1.165) is 0 Å². The van der Waals surface area contributed by atoms with Crippen molar-refractivity contribution in [2.75, 3.05) is 0 Å². The zero-order chi connectivity index (χ0) is 9.59. The van der Waals surface area contributed by atoms with E-state index in [1.807, 2.05) is 0 Å². The number of phenols is 3. The summed E-state index contributed by atoms with van der Waals surface area (Å²) in [5.74, 6) is -0.424. The number of ether oxygens (including phenoxy) is 1. The van der Waals surface area contributed by atoms with Crippen molar-refractivity contribution in [3.05, 3.63) is 16.7 Å². The predicted molar refractivity (Wildman–Crippen MR) is 44.7 cm³/mol. The van der Waals surface area contributed by atoms with Crippen LogP contribution in [0.5, 0.6) is 17.2 Å². The molecular formula is C9H10O4. The fraction of sp³-hybridized carbons (Fsp3) is 0.333.